The van der Waals surface area contributed by atoms with Gasteiger partial charge in [-0.3, -0.25) is 9.88 Å². The maximum Gasteiger partial charge on any atom is 0.0360 e. The number of aromatic nitrogens is 1. The lowest BCUT2D eigenvalue weighted by Crippen LogP contribution is -2.17. The molecule has 1 unspecified atom stereocenters. The SMILES string of the molecule is C.C.CN1CCCC1c1cccnc1. The van der Waals surface area contributed by atoms with Crippen LogP contribution in [0.5, 0.6) is 0 Å². The predicted molar refractivity (Wildman–Crippen MR) is 62.3 cm³/mol. The van der Waals surface area contributed by atoms with Gasteiger partial charge in [0.1, 0.15) is 0 Å². The summed E-state index contributed by atoms with van der Waals surface area (Å²) >= 11 is 0. The third-order valence-electron chi connectivity index (χ3n) is 2.59. The average molecular weight is 194 g/mol. The standard InChI is InChI=1S/C10H14N2.2CH4/c1-12-7-3-5-10(12)9-4-2-6-11-8-9;;/h2,4,6,8,10H,3,5,7H2,1H3;2*1H4. The van der Waals surface area contributed by atoms with Crippen LogP contribution in [0.4, 0.5) is 0 Å². The zero-order chi connectivity index (χ0) is 8.39. The molecule has 0 radical (unpaired) electrons. The molecule has 0 aromatic carbocycles. The summed E-state index contributed by atoms with van der Waals surface area (Å²) in [6.45, 7) is 1.22. The highest BCUT2D eigenvalue weighted by molar-refractivity contribution is 5.14. The third-order valence-corrected chi connectivity index (χ3v) is 2.59. The smallest absolute Gasteiger partial charge is 0.0360 e. The van der Waals surface area contributed by atoms with Gasteiger partial charge in [0.05, 0.1) is 0 Å². The summed E-state index contributed by atoms with van der Waals surface area (Å²) in [5.41, 5.74) is 1.36. The molecule has 14 heavy (non-hydrogen) atoms. The highest BCUT2D eigenvalue weighted by atomic mass is 15.1. The molecule has 0 bridgehead atoms. The Bertz CT molecular complexity index is 246. The lowest BCUT2D eigenvalue weighted by Gasteiger charge is -2.18. The summed E-state index contributed by atoms with van der Waals surface area (Å²) in [6.07, 6.45) is 6.41. The predicted octanol–water partition coefficient (Wildman–Crippen LogP) is 3.12. The number of rotatable bonds is 1. The number of hydrogen-bond donors (Lipinski definition) is 0. The van der Waals surface area contributed by atoms with Gasteiger partial charge in [-0.2, -0.15) is 0 Å². The first-order valence-corrected chi connectivity index (χ1v) is 4.48. The molecule has 80 valence electrons. The van der Waals surface area contributed by atoms with E-state index in [2.05, 4.69) is 23.0 Å². The van der Waals surface area contributed by atoms with Crippen molar-refractivity contribution >= 4 is 0 Å². The van der Waals surface area contributed by atoms with E-state index in [9.17, 15) is 0 Å². The van der Waals surface area contributed by atoms with Gasteiger partial charge in [0.25, 0.3) is 0 Å². The van der Waals surface area contributed by atoms with Gasteiger partial charge in [0.2, 0.25) is 0 Å². The van der Waals surface area contributed by atoms with E-state index in [-0.39, 0.29) is 14.9 Å². The minimum atomic E-state index is 0. The zero-order valence-corrected chi connectivity index (χ0v) is 7.40. The van der Waals surface area contributed by atoms with Crippen molar-refractivity contribution in [2.75, 3.05) is 13.6 Å². The normalized spacial score (nSPS) is 21.1. The van der Waals surface area contributed by atoms with E-state index in [1.165, 1.54) is 24.9 Å². The maximum absolute atomic E-state index is 4.14. The number of nitrogens with zero attached hydrogens (tertiary/aromatic N) is 2. The van der Waals surface area contributed by atoms with Crippen LogP contribution >= 0.6 is 0 Å². The largest absolute Gasteiger partial charge is 0.299 e. The van der Waals surface area contributed by atoms with Crippen molar-refractivity contribution in [2.24, 2.45) is 0 Å². The summed E-state index contributed by atoms with van der Waals surface area (Å²) in [4.78, 5) is 6.54. The lowest BCUT2D eigenvalue weighted by atomic mass is 10.1. The Morgan fingerprint density at radius 3 is 2.71 bits per heavy atom. The first kappa shape index (κ1) is 13.1. The van der Waals surface area contributed by atoms with Crippen molar-refractivity contribution in [3.05, 3.63) is 30.1 Å². The highest BCUT2D eigenvalue weighted by Gasteiger charge is 2.21. The molecule has 1 fully saturated rings. The van der Waals surface area contributed by atoms with Crippen molar-refractivity contribution in [3.8, 4) is 0 Å². The number of likely N-dealkylation sites (tertiary alicyclic amines) is 1. The number of hydrogen-bond acceptors (Lipinski definition) is 2. The van der Waals surface area contributed by atoms with Crippen LogP contribution in [0.3, 0.4) is 0 Å². The molecule has 1 aromatic rings. The summed E-state index contributed by atoms with van der Waals surface area (Å²) < 4.78 is 0. The topological polar surface area (TPSA) is 16.1 Å². The van der Waals surface area contributed by atoms with Gasteiger partial charge in [-0.25, -0.2) is 0 Å². The van der Waals surface area contributed by atoms with Crippen LogP contribution in [0.1, 0.15) is 39.3 Å². The van der Waals surface area contributed by atoms with Crippen molar-refractivity contribution in [3.63, 3.8) is 0 Å². The van der Waals surface area contributed by atoms with E-state index in [1.54, 1.807) is 0 Å². The van der Waals surface area contributed by atoms with E-state index < -0.39 is 0 Å². The molecule has 2 heterocycles. The average Bonchev–Trinajstić information content (AvgIpc) is 2.53. The summed E-state index contributed by atoms with van der Waals surface area (Å²) in [5.74, 6) is 0. The van der Waals surface area contributed by atoms with Crippen LogP contribution in [0.25, 0.3) is 0 Å². The molecule has 1 aromatic heterocycles. The second-order valence-electron chi connectivity index (χ2n) is 3.42. The van der Waals surface area contributed by atoms with Gasteiger partial charge in [-0.15, -0.1) is 0 Å². The molecule has 1 atom stereocenters. The van der Waals surface area contributed by atoms with E-state index in [0.29, 0.717) is 6.04 Å². The third kappa shape index (κ3) is 2.55. The first-order chi connectivity index (χ1) is 5.88. The fourth-order valence-electron chi connectivity index (χ4n) is 1.90. The molecule has 2 rings (SSSR count). The molecule has 0 saturated carbocycles. The Kier molecular flexibility index (Phi) is 5.39. The fourth-order valence-corrected chi connectivity index (χ4v) is 1.90. The second kappa shape index (κ2) is 5.76. The van der Waals surface area contributed by atoms with Gasteiger partial charge in [0, 0.05) is 18.4 Å². The fraction of sp³-hybridized carbons (Fsp3) is 0.583. The summed E-state index contributed by atoms with van der Waals surface area (Å²) in [7, 11) is 2.19. The van der Waals surface area contributed by atoms with Crippen molar-refractivity contribution in [1.82, 2.24) is 9.88 Å². The van der Waals surface area contributed by atoms with Crippen molar-refractivity contribution in [2.45, 2.75) is 33.7 Å². The highest BCUT2D eigenvalue weighted by Crippen LogP contribution is 2.29. The van der Waals surface area contributed by atoms with E-state index in [4.69, 9.17) is 0 Å². The van der Waals surface area contributed by atoms with Gasteiger partial charge in [-0.1, -0.05) is 20.9 Å². The molecule has 0 amide bonds. The number of pyridine rings is 1. The monoisotopic (exact) mass is 194 g/mol. The van der Waals surface area contributed by atoms with Crippen LogP contribution in [0.15, 0.2) is 24.5 Å². The molecule has 2 nitrogen and oxygen atoms in total. The molecule has 2 heteroatoms. The Morgan fingerprint density at radius 2 is 2.21 bits per heavy atom. The van der Waals surface area contributed by atoms with Crippen LogP contribution in [0.2, 0.25) is 0 Å². The van der Waals surface area contributed by atoms with Crippen LogP contribution < -0.4 is 0 Å². The van der Waals surface area contributed by atoms with E-state index >= 15 is 0 Å². The van der Waals surface area contributed by atoms with Gasteiger partial charge < -0.3 is 0 Å². The minimum absolute atomic E-state index is 0. The minimum Gasteiger partial charge on any atom is -0.299 e. The molecule has 0 aliphatic carbocycles. The van der Waals surface area contributed by atoms with Gasteiger partial charge >= 0.3 is 0 Å². The molecule has 1 aliphatic rings. The van der Waals surface area contributed by atoms with Crippen LogP contribution in [-0.2, 0) is 0 Å². The summed E-state index contributed by atoms with van der Waals surface area (Å²) in [5, 5.41) is 0. The molecular weight excluding hydrogens is 172 g/mol. The Hall–Kier alpha value is -0.890. The molecule has 0 N–H and O–H groups in total. The lowest BCUT2D eigenvalue weighted by molar-refractivity contribution is 0.317. The van der Waals surface area contributed by atoms with Crippen LogP contribution in [0, 0.1) is 0 Å². The molecular formula is C12H22N2. The van der Waals surface area contributed by atoms with Crippen molar-refractivity contribution < 1.29 is 0 Å². The molecule has 1 aliphatic heterocycles. The van der Waals surface area contributed by atoms with Crippen LogP contribution in [-0.4, -0.2) is 23.5 Å². The van der Waals surface area contributed by atoms with Gasteiger partial charge in [-0.05, 0) is 38.1 Å². The second-order valence-corrected chi connectivity index (χ2v) is 3.42. The van der Waals surface area contributed by atoms with Crippen molar-refractivity contribution in [1.29, 1.82) is 0 Å². The zero-order valence-electron chi connectivity index (χ0n) is 7.40. The van der Waals surface area contributed by atoms with E-state index in [0.717, 1.165) is 0 Å². The Balaban J connectivity index is 0.000000845. The molecule has 0 spiro atoms. The summed E-state index contributed by atoms with van der Waals surface area (Å²) in [6, 6.07) is 4.79. The first-order valence-electron chi connectivity index (χ1n) is 4.48. The van der Waals surface area contributed by atoms with Gasteiger partial charge in [0.15, 0.2) is 0 Å². The molecule has 1 saturated heterocycles. The Labute approximate surface area is 88.0 Å². The van der Waals surface area contributed by atoms with E-state index in [1.807, 2.05) is 18.5 Å². The quantitative estimate of drug-likeness (QED) is 0.683. The maximum atomic E-state index is 4.14. The Morgan fingerprint density at radius 1 is 1.43 bits per heavy atom.